The summed E-state index contributed by atoms with van der Waals surface area (Å²) in [6, 6.07) is 0. The number of aldehydes is 1. The lowest BCUT2D eigenvalue weighted by Crippen LogP contribution is -2.11. The van der Waals surface area contributed by atoms with Gasteiger partial charge in [-0.3, -0.25) is 9.36 Å². The number of hydrogen-bond donors (Lipinski definition) is 1. The van der Waals surface area contributed by atoms with Crippen LogP contribution in [-0.2, 0) is 13.9 Å². The Hall–Kier alpha value is -0.670. The molecule has 0 aliphatic rings. The molecule has 0 aliphatic heterocycles. The molecule has 1 unspecified atom stereocenters. The van der Waals surface area contributed by atoms with Crippen molar-refractivity contribution in [3.05, 3.63) is 0 Å². The lowest BCUT2D eigenvalue weighted by Gasteiger charge is -2.17. The molecule has 76 valence electrons. The third kappa shape index (κ3) is 3.28. The molecule has 0 saturated carbocycles. The van der Waals surface area contributed by atoms with E-state index in [1.165, 1.54) is 0 Å². The highest BCUT2D eigenvalue weighted by molar-refractivity contribution is 7.78. The second kappa shape index (κ2) is 5.14. The Morgan fingerprint density at radius 1 is 1.69 bits per heavy atom. The van der Waals surface area contributed by atoms with Crippen molar-refractivity contribution in [2.75, 3.05) is 6.16 Å². The Kier molecular flexibility index (Phi) is 4.88. The van der Waals surface area contributed by atoms with Crippen molar-refractivity contribution in [2.24, 2.45) is 5.16 Å². The fraction of sp³-hybridized carbons (Fsp3) is 0.714. The molecule has 0 heterocycles. The van der Waals surface area contributed by atoms with Gasteiger partial charge in [-0.15, -0.1) is 0 Å². The van der Waals surface area contributed by atoms with E-state index in [-0.39, 0.29) is 18.6 Å². The summed E-state index contributed by atoms with van der Waals surface area (Å²) >= 11 is 0. The normalized spacial score (nSPS) is 17.1. The molecule has 0 spiro atoms. The summed E-state index contributed by atoms with van der Waals surface area (Å²) in [5, 5.41) is 11.1. The van der Waals surface area contributed by atoms with Gasteiger partial charge in [-0.2, -0.15) is 0 Å². The van der Waals surface area contributed by atoms with Crippen LogP contribution < -0.4 is 0 Å². The fourth-order valence-electron chi connectivity index (χ4n) is 0.803. The molecule has 0 radical (unpaired) electrons. The molecule has 0 saturated heterocycles. The van der Waals surface area contributed by atoms with Gasteiger partial charge in [0.05, 0.1) is 6.10 Å². The van der Waals surface area contributed by atoms with Crippen LogP contribution in [0.1, 0.15) is 20.8 Å². The smallest absolute Gasteiger partial charge is 0.256 e. The molecule has 6 heteroatoms. The van der Waals surface area contributed by atoms with Crippen molar-refractivity contribution in [1.82, 2.24) is 0 Å². The van der Waals surface area contributed by atoms with Crippen LogP contribution in [0.3, 0.4) is 0 Å². The Balaban J connectivity index is 4.82. The number of nitrogens with zero attached hydrogens (tertiary/aromatic N) is 1. The molecule has 0 aromatic carbocycles. The van der Waals surface area contributed by atoms with Gasteiger partial charge in [-0.05, 0) is 13.8 Å². The van der Waals surface area contributed by atoms with E-state index in [1.54, 1.807) is 20.8 Å². The maximum Gasteiger partial charge on any atom is 0.256 e. The van der Waals surface area contributed by atoms with Crippen LogP contribution in [0, 0.1) is 0 Å². The Bertz CT molecular complexity index is 249. The van der Waals surface area contributed by atoms with Crippen molar-refractivity contribution in [3.63, 3.8) is 0 Å². The maximum absolute atomic E-state index is 11.8. The molecule has 0 aromatic rings. The second-order valence-electron chi connectivity index (χ2n) is 2.72. The van der Waals surface area contributed by atoms with Gasteiger partial charge in [0.1, 0.15) is 0 Å². The van der Waals surface area contributed by atoms with E-state index < -0.39 is 12.8 Å². The van der Waals surface area contributed by atoms with Gasteiger partial charge in [0.15, 0.2) is 6.29 Å². The molecule has 0 rings (SSSR count). The Morgan fingerprint density at radius 3 is 2.46 bits per heavy atom. The minimum atomic E-state index is -3.23. The summed E-state index contributed by atoms with van der Waals surface area (Å²) in [5.41, 5.74) is -0.413. The summed E-state index contributed by atoms with van der Waals surface area (Å²) in [4.78, 5) is 10.4. The van der Waals surface area contributed by atoms with Crippen LogP contribution in [0.25, 0.3) is 0 Å². The fourth-order valence-corrected chi connectivity index (χ4v) is 2.36. The van der Waals surface area contributed by atoms with E-state index in [1.807, 2.05) is 0 Å². The van der Waals surface area contributed by atoms with Crippen LogP contribution in [0.5, 0.6) is 0 Å². The standard InChI is InChI=1S/C7H14NO4P/c1-4-13(11,12-6(2)3)7(5-9)8-10/h5-6,10H,4H2,1-3H3/b8-7-. The molecule has 0 bridgehead atoms. The van der Waals surface area contributed by atoms with Gasteiger partial charge < -0.3 is 9.73 Å². The minimum absolute atomic E-state index is 0.142. The first-order chi connectivity index (χ1) is 6.00. The first-order valence-corrected chi connectivity index (χ1v) is 5.76. The maximum atomic E-state index is 11.8. The van der Waals surface area contributed by atoms with Gasteiger partial charge in [0, 0.05) is 6.16 Å². The van der Waals surface area contributed by atoms with Gasteiger partial charge >= 0.3 is 0 Å². The number of rotatable bonds is 5. The Morgan fingerprint density at radius 2 is 2.23 bits per heavy atom. The molecule has 1 N–H and O–H groups in total. The zero-order valence-electron chi connectivity index (χ0n) is 7.93. The van der Waals surface area contributed by atoms with Gasteiger partial charge in [-0.1, -0.05) is 12.1 Å². The van der Waals surface area contributed by atoms with E-state index in [0.717, 1.165) is 0 Å². The average molecular weight is 207 g/mol. The molecule has 5 nitrogen and oxygen atoms in total. The van der Waals surface area contributed by atoms with Gasteiger partial charge in [0.2, 0.25) is 5.45 Å². The lowest BCUT2D eigenvalue weighted by molar-refractivity contribution is -0.102. The van der Waals surface area contributed by atoms with Crippen molar-refractivity contribution in [3.8, 4) is 0 Å². The molecule has 0 aromatic heterocycles. The summed E-state index contributed by atoms with van der Waals surface area (Å²) < 4.78 is 16.9. The number of hydrogen-bond acceptors (Lipinski definition) is 5. The number of carbonyl (C=O) groups excluding carboxylic acids is 1. The highest BCUT2D eigenvalue weighted by Gasteiger charge is 2.29. The molecular formula is C7H14NO4P. The number of carbonyl (C=O) groups is 1. The average Bonchev–Trinajstić information content (AvgIpc) is 2.05. The van der Waals surface area contributed by atoms with E-state index in [9.17, 15) is 9.36 Å². The van der Waals surface area contributed by atoms with E-state index in [2.05, 4.69) is 5.16 Å². The third-order valence-electron chi connectivity index (χ3n) is 1.35. The zero-order valence-corrected chi connectivity index (χ0v) is 8.82. The van der Waals surface area contributed by atoms with Gasteiger partial charge in [-0.25, -0.2) is 0 Å². The zero-order chi connectivity index (χ0) is 10.5. The Labute approximate surface area is 77.2 Å². The summed E-state index contributed by atoms with van der Waals surface area (Å²) in [7, 11) is -3.23. The first kappa shape index (κ1) is 12.3. The van der Waals surface area contributed by atoms with Crippen LogP contribution >= 0.6 is 7.37 Å². The topological polar surface area (TPSA) is 76.0 Å². The van der Waals surface area contributed by atoms with Crippen molar-refractivity contribution in [1.29, 1.82) is 0 Å². The predicted molar refractivity (Wildman–Crippen MR) is 49.7 cm³/mol. The highest BCUT2D eigenvalue weighted by Crippen LogP contribution is 2.48. The highest BCUT2D eigenvalue weighted by atomic mass is 31.2. The van der Waals surface area contributed by atoms with Crippen molar-refractivity contribution >= 4 is 19.1 Å². The van der Waals surface area contributed by atoms with Crippen LogP contribution in [0.15, 0.2) is 5.16 Å². The molecule has 13 heavy (non-hydrogen) atoms. The molecule has 1 atom stereocenters. The van der Waals surface area contributed by atoms with Crippen LogP contribution in [0.2, 0.25) is 0 Å². The number of oxime groups is 1. The SMILES string of the molecule is CCP(=O)(OC(C)C)/C(C=O)=N\O. The lowest BCUT2D eigenvalue weighted by atomic mass is 10.5. The minimum Gasteiger partial charge on any atom is -0.410 e. The van der Waals surface area contributed by atoms with Crippen LogP contribution in [-0.4, -0.2) is 29.2 Å². The van der Waals surface area contributed by atoms with Crippen molar-refractivity contribution in [2.45, 2.75) is 26.9 Å². The second-order valence-corrected chi connectivity index (χ2v) is 5.37. The van der Waals surface area contributed by atoms with Crippen molar-refractivity contribution < 1.29 is 19.1 Å². The largest absolute Gasteiger partial charge is 0.410 e. The first-order valence-electron chi connectivity index (χ1n) is 3.95. The van der Waals surface area contributed by atoms with Gasteiger partial charge in [0.25, 0.3) is 7.37 Å². The predicted octanol–water partition coefficient (Wildman–Crippen LogP) is 1.70. The summed E-state index contributed by atoms with van der Waals surface area (Å²) in [5.74, 6) is 0. The summed E-state index contributed by atoms with van der Waals surface area (Å²) in [6.07, 6.45) is 0.123. The van der Waals surface area contributed by atoms with E-state index in [4.69, 9.17) is 9.73 Å². The van der Waals surface area contributed by atoms with E-state index in [0.29, 0.717) is 0 Å². The molecule has 0 aliphatic carbocycles. The quantitative estimate of drug-likeness (QED) is 0.245. The molecular weight excluding hydrogens is 193 g/mol. The van der Waals surface area contributed by atoms with E-state index >= 15 is 0 Å². The molecule has 0 amide bonds. The monoisotopic (exact) mass is 207 g/mol. The summed E-state index contributed by atoms with van der Waals surface area (Å²) in [6.45, 7) is 5.00. The molecule has 0 fully saturated rings. The van der Waals surface area contributed by atoms with Crippen LogP contribution in [0.4, 0.5) is 0 Å². The third-order valence-corrected chi connectivity index (χ3v) is 3.84.